The van der Waals surface area contributed by atoms with Crippen molar-refractivity contribution in [2.75, 3.05) is 0 Å². The zero-order chi connectivity index (χ0) is 13.4. The SMILES string of the molecule is NC1=NC(=O)C2N=C(c3ccc(Cl)cc3)C=NC2=N1. The molecular formula is C12H8ClN5O. The van der Waals surface area contributed by atoms with E-state index in [9.17, 15) is 4.79 Å². The van der Waals surface area contributed by atoms with E-state index in [-0.39, 0.29) is 11.8 Å². The van der Waals surface area contributed by atoms with Crippen LogP contribution in [0.1, 0.15) is 5.56 Å². The van der Waals surface area contributed by atoms with Crippen molar-refractivity contribution in [3.8, 4) is 0 Å². The van der Waals surface area contributed by atoms with Gasteiger partial charge >= 0.3 is 0 Å². The molecule has 1 aromatic rings. The molecule has 1 atom stereocenters. The first-order valence-corrected chi connectivity index (χ1v) is 5.86. The second-order valence-corrected chi connectivity index (χ2v) is 4.40. The van der Waals surface area contributed by atoms with Gasteiger partial charge in [0.05, 0.1) is 11.9 Å². The third-order valence-corrected chi connectivity index (χ3v) is 2.91. The van der Waals surface area contributed by atoms with Gasteiger partial charge in [0.15, 0.2) is 11.9 Å². The quantitative estimate of drug-likeness (QED) is 0.821. The lowest BCUT2D eigenvalue weighted by Crippen LogP contribution is -2.37. The zero-order valence-electron chi connectivity index (χ0n) is 9.62. The summed E-state index contributed by atoms with van der Waals surface area (Å²) in [4.78, 5) is 27.6. The number of hydrogen-bond donors (Lipinski definition) is 1. The van der Waals surface area contributed by atoms with Crippen LogP contribution in [0.25, 0.3) is 0 Å². The molecule has 2 aliphatic rings. The predicted molar refractivity (Wildman–Crippen MR) is 74.3 cm³/mol. The molecule has 2 aliphatic heterocycles. The molecule has 19 heavy (non-hydrogen) atoms. The second kappa shape index (κ2) is 4.40. The van der Waals surface area contributed by atoms with Crippen LogP contribution in [-0.4, -0.2) is 35.7 Å². The Bertz CT molecular complexity index is 672. The molecule has 0 aliphatic carbocycles. The van der Waals surface area contributed by atoms with Crippen molar-refractivity contribution in [3.63, 3.8) is 0 Å². The molecule has 1 amide bonds. The Balaban J connectivity index is 1.98. The zero-order valence-corrected chi connectivity index (χ0v) is 10.4. The van der Waals surface area contributed by atoms with Crippen molar-refractivity contribution in [1.82, 2.24) is 0 Å². The predicted octanol–water partition coefficient (Wildman–Crippen LogP) is 0.835. The molecule has 0 saturated carbocycles. The van der Waals surface area contributed by atoms with Gasteiger partial charge in [-0.1, -0.05) is 23.7 Å². The van der Waals surface area contributed by atoms with Gasteiger partial charge in [0.1, 0.15) is 0 Å². The van der Waals surface area contributed by atoms with Crippen LogP contribution in [0.4, 0.5) is 0 Å². The van der Waals surface area contributed by atoms with Gasteiger partial charge < -0.3 is 5.73 Å². The van der Waals surface area contributed by atoms with Crippen LogP contribution in [0.5, 0.6) is 0 Å². The van der Waals surface area contributed by atoms with Gasteiger partial charge in [-0.05, 0) is 12.1 Å². The minimum atomic E-state index is -0.803. The highest BCUT2D eigenvalue weighted by molar-refractivity contribution is 6.43. The Morgan fingerprint density at radius 1 is 1.16 bits per heavy atom. The first-order chi connectivity index (χ1) is 9.13. The number of carbonyl (C=O) groups is 1. The average molecular weight is 274 g/mol. The number of guanidine groups is 1. The van der Waals surface area contributed by atoms with Crippen molar-refractivity contribution < 1.29 is 4.79 Å². The number of benzene rings is 1. The number of nitrogens with two attached hydrogens (primary N) is 1. The van der Waals surface area contributed by atoms with E-state index in [0.717, 1.165) is 5.56 Å². The number of nitrogens with zero attached hydrogens (tertiary/aromatic N) is 4. The van der Waals surface area contributed by atoms with Crippen LogP contribution >= 0.6 is 11.6 Å². The standard InChI is InChI=1S/C12H8ClN5O/c13-7-3-1-6(2-4-7)8-5-15-10-9(16-8)11(19)18-12(14)17-10/h1-5,9H,(H2,14,18,19). The van der Waals surface area contributed by atoms with Crippen molar-refractivity contribution in [2.45, 2.75) is 6.04 Å². The van der Waals surface area contributed by atoms with Gasteiger partial charge in [0.25, 0.3) is 5.91 Å². The molecule has 94 valence electrons. The summed E-state index contributed by atoms with van der Waals surface area (Å²) in [6, 6.07) is 6.30. The molecule has 0 fully saturated rings. The molecule has 6 nitrogen and oxygen atoms in total. The van der Waals surface area contributed by atoms with E-state index >= 15 is 0 Å². The number of carbonyl (C=O) groups excluding carboxylic acids is 1. The summed E-state index contributed by atoms with van der Waals surface area (Å²) in [6.07, 6.45) is 1.55. The molecule has 0 bridgehead atoms. The topological polar surface area (TPSA) is 92.5 Å². The summed E-state index contributed by atoms with van der Waals surface area (Å²) in [7, 11) is 0. The summed E-state index contributed by atoms with van der Waals surface area (Å²) < 4.78 is 0. The number of amidine groups is 1. The maximum absolute atomic E-state index is 11.7. The molecule has 3 rings (SSSR count). The number of aliphatic imine (C=N–C) groups is 4. The van der Waals surface area contributed by atoms with Gasteiger partial charge in [0.2, 0.25) is 5.96 Å². The fraction of sp³-hybridized carbons (Fsp3) is 0.0833. The second-order valence-electron chi connectivity index (χ2n) is 3.96. The minimum absolute atomic E-state index is 0.0847. The molecule has 0 spiro atoms. The van der Waals surface area contributed by atoms with E-state index in [1.54, 1.807) is 30.5 Å². The third-order valence-electron chi connectivity index (χ3n) is 2.66. The fourth-order valence-electron chi connectivity index (χ4n) is 1.77. The summed E-state index contributed by atoms with van der Waals surface area (Å²) in [5, 5.41) is 0.630. The van der Waals surface area contributed by atoms with Crippen LogP contribution in [0.15, 0.2) is 44.2 Å². The van der Waals surface area contributed by atoms with Crippen molar-refractivity contribution in [3.05, 3.63) is 34.9 Å². The van der Waals surface area contributed by atoms with Crippen molar-refractivity contribution >= 4 is 41.2 Å². The van der Waals surface area contributed by atoms with Gasteiger partial charge in [-0.25, -0.2) is 4.99 Å². The lowest BCUT2D eigenvalue weighted by molar-refractivity contribution is -0.117. The van der Waals surface area contributed by atoms with E-state index < -0.39 is 11.9 Å². The number of halogens is 1. The van der Waals surface area contributed by atoms with Gasteiger partial charge in [-0.15, -0.1) is 0 Å². The van der Waals surface area contributed by atoms with E-state index in [2.05, 4.69) is 20.0 Å². The van der Waals surface area contributed by atoms with Crippen LogP contribution in [0, 0.1) is 0 Å². The first-order valence-electron chi connectivity index (χ1n) is 5.48. The number of rotatable bonds is 1. The van der Waals surface area contributed by atoms with Crippen LogP contribution in [0.3, 0.4) is 0 Å². The van der Waals surface area contributed by atoms with Crippen LogP contribution in [-0.2, 0) is 4.79 Å². The van der Waals surface area contributed by atoms with Crippen molar-refractivity contribution in [2.24, 2.45) is 25.7 Å². The van der Waals surface area contributed by atoms with E-state index in [0.29, 0.717) is 10.7 Å². The fourth-order valence-corrected chi connectivity index (χ4v) is 1.90. The smallest absolute Gasteiger partial charge is 0.281 e. The van der Waals surface area contributed by atoms with Crippen LogP contribution in [0.2, 0.25) is 5.02 Å². The summed E-state index contributed by atoms with van der Waals surface area (Å²) in [6.45, 7) is 0. The van der Waals surface area contributed by atoms with E-state index in [1.807, 2.05) is 0 Å². The molecule has 1 aromatic carbocycles. The van der Waals surface area contributed by atoms with Crippen molar-refractivity contribution in [1.29, 1.82) is 0 Å². The van der Waals surface area contributed by atoms with Gasteiger partial charge in [-0.2, -0.15) is 9.98 Å². The third kappa shape index (κ3) is 2.17. The van der Waals surface area contributed by atoms with E-state index in [1.165, 1.54) is 0 Å². The monoisotopic (exact) mass is 273 g/mol. The Morgan fingerprint density at radius 2 is 1.89 bits per heavy atom. The number of fused-ring (bicyclic) bond motifs is 1. The van der Waals surface area contributed by atoms with E-state index in [4.69, 9.17) is 17.3 Å². The maximum atomic E-state index is 11.7. The molecule has 1 unspecified atom stereocenters. The lowest BCUT2D eigenvalue weighted by atomic mass is 10.1. The highest BCUT2D eigenvalue weighted by Crippen LogP contribution is 2.15. The largest absolute Gasteiger partial charge is 0.368 e. The van der Waals surface area contributed by atoms with Gasteiger partial charge in [-0.3, -0.25) is 9.79 Å². The maximum Gasteiger partial charge on any atom is 0.281 e. The molecule has 0 aromatic heterocycles. The number of hydrogen-bond acceptors (Lipinski definition) is 5. The Kier molecular flexibility index (Phi) is 2.72. The molecule has 0 saturated heterocycles. The van der Waals surface area contributed by atoms with Gasteiger partial charge in [0, 0.05) is 10.6 Å². The Hall–Kier alpha value is -2.34. The molecule has 0 radical (unpaired) electrons. The normalized spacial score (nSPS) is 21.4. The summed E-state index contributed by atoms with van der Waals surface area (Å²) in [5.74, 6) is -0.264. The highest BCUT2D eigenvalue weighted by Gasteiger charge is 2.30. The molecule has 2 heterocycles. The van der Waals surface area contributed by atoms with Crippen LogP contribution < -0.4 is 5.73 Å². The average Bonchev–Trinajstić information content (AvgIpc) is 2.39. The Labute approximate surface area is 113 Å². The first kappa shape index (κ1) is 11.7. The molecule has 2 N–H and O–H groups in total. The summed E-state index contributed by atoms with van der Waals surface area (Å²) in [5.41, 5.74) is 6.81. The molecular weight excluding hydrogens is 266 g/mol. The Morgan fingerprint density at radius 3 is 2.63 bits per heavy atom. The summed E-state index contributed by atoms with van der Waals surface area (Å²) >= 11 is 5.82. The highest BCUT2D eigenvalue weighted by atomic mass is 35.5. The minimum Gasteiger partial charge on any atom is -0.368 e. The molecule has 7 heteroatoms. The lowest BCUT2D eigenvalue weighted by Gasteiger charge is -2.17. The number of amides is 1.